The first kappa shape index (κ1) is 12.8. The monoisotopic (exact) mass is 273 g/mol. The molecule has 0 aliphatic heterocycles. The lowest BCUT2D eigenvalue weighted by atomic mass is 10.0. The van der Waals surface area contributed by atoms with Gasteiger partial charge in [-0.15, -0.1) is 0 Å². The molecule has 0 aliphatic carbocycles. The van der Waals surface area contributed by atoms with Crippen molar-refractivity contribution in [2.24, 2.45) is 5.73 Å². The molecule has 2 N–H and O–H groups in total. The first-order valence-corrected chi connectivity index (χ1v) is 6.31. The Kier molecular flexibility index (Phi) is 3.24. The summed E-state index contributed by atoms with van der Waals surface area (Å²) >= 11 is 0. The fraction of sp³-hybridized carbons (Fsp3) is 0.125. The van der Waals surface area contributed by atoms with E-state index in [9.17, 15) is 8.78 Å². The molecule has 1 heterocycles. The average Bonchev–Trinajstić information content (AvgIpc) is 2.84. The molecule has 3 aromatic rings. The zero-order valence-electron chi connectivity index (χ0n) is 10.6. The van der Waals surface area contributed by atoms with Crippen molar-refractivity contribution < 1.29 is 13.2 Å². The Bertz CT molecular complexity index is 751. The molecule has 0 spiro atoms. The number of furan rings is 1. The van der Waals surface area contributed by atoms with Crippen LogP contribution in [0.15, 0.2) is 52.9 Å². The van der Waals surface area contributed by atoms with Crippen LogP contribution < -0.4 is 5.73 Å². The normalized spacial score (nSPS) is 12.8. The lowest BCUT2D eigenvalue weighted by Crippen LogP contribution is -2.12. The molecule has 0 aliphatic rings. The van der Waals surface area contributed by atoms with Crippen LogP contribution in [-0.4, -0.2) is 0 Å². The summed E-state index contributed by atoms with van der Waals surface area (Å²) in [7, 11) is 0. The highest BCUT2D eigenvalue weighted by Gasteiger charge is 2.14. The van der Waals surface area contributed by atoms with Crippen LogP contribution in [0.25, 0.3) is 11.0 Å². The Morgan fingerprint density at radius 3 is 2.60 bits per heavy atom. The second kappa shape index (κ2) is 5.06. The van der Waals surface area contributed by atoms with E-state index in [1.54, 1.807) is 30.3 Å². The lowest BCUT2D eigenvalue weighted by Gasteiger charge is -2.08. The van der Waals surface area contributed by atoms with Crippen molar-refractivity contribution in [1.82, 2.24) is 0 Å². The number of hydrogen-bond donors (Lipinski definition) is 1. The van der Waals surface area contributed by atoms with Gasteiger partial charge in [-0.05, 0) is 36.2 Å². The van der Waals surface area contributed by atoms with E-state index in [0.717, 1.165) is 5.56 Å². The summed E-state index contributed by atoms with van der Waals surface area (Å²) in [6.45, 7) is 0. The zero-order valence-corrected chi connectivity index (χ0v) is 10.6. The number of para-hydroxylation sites is 1. The molecule has 0 saturated carbocycles. The van der Waals surface area contributed by atoms with Crippen molar-refractivity contribution in [2.75, 3.05) is 0 Å². The molecule has 2 aromatic carbocycles. The summed E-state index contributed by atoms with van der Waals surface area (Å²) in [6, 6.07) is 12.3. The molecule has 1 atom stereocenters. The van der Waals surface area contributed by atoms with Crippen LogP contribution in [0.3, 0.4) is 0 Å². The van der Waals surface area contributed by atoms with E-state index in [0.29, 0.717) is 17.6 Å². The lowest BCUT2D eigenvalue weighted by molar-refractivity contribution is 0.477. The van der Waals surface area contributed by atoms with Gasteiger partial charge in [-0.25, -0.2) is 8.78 Å². The van der Waals surface area contributed by atoms with Gasteiger partial charge >= 0.3 is 0 Å². The van der Waals surface area contributed by atoms with Gasteiger partial charge in [0.05, 0.1) is 6.04 Å². The fourth-order valence-corrected chi connectivity index (χ4v) is 2.25. The maximum absolute atomic E-state index is 13.6. The maximum atomic E-state index is 13.6. The average molecular weight is 273 g/mol. The standard InChI is InChI=1S/C16H13F2NO/c17-12-5-1-3-10(7-12)8-14(19)15-9-11-4-2-6-13(18)16(11)20-15/h1-7,9,14H,8,19H2. The molecule has 1 aromatic heterocycles. The van der Waals surface area contributed by atoms with E-state index in [-0.39, 0.29) is 11.4 Å². The number of hydrogen-bond acceptors (Lipinski definition) is 2. The Morgan fingerprint density at radius 2 is 1.85 bits per heavy atom. The van der Waals surface area contributed by atoms with Crippen LogP contribution in [-0.2, 0) is 6.42 Å². The van der Waals surface area contributed by atoms with Gasteiger partial charge in [-0.3, -0.25) is 0 Å². The molecule has 20 heavy (non-hydrogen) atoms. The molecule has 0 bridgehead atoms. The number of rotatable bonds is 3. The van der Waals surface area contributed by atoms with E-state index < -0.39 is 11.9 Å². The predicted octanol–water partition coefficient (Wildman–Crippen LogP) is 3.95. The van der Waals surface area contributed by atoms with Gasteiger partial charge in [-0.2, -0.15) is 0 Å². The van der Waals surface area contributed by atoms with Crippen molar-refractivity contribution in [3.63, 3.8) is 0 Å². The molecule has 2 nitrogen and oxygen atoms in total. The summed E-state index contributed by atoms with van der Waals surface area (Å²) in [4.78, 5) is 0. The van der Waals surface area contributed by atoms with Gasteiger partial charge in [0.2, 0.25) is 0 Å². The highest BCUT2D eigenvalue weighted by molar-refractivity contribution is 5.78. The largest absolute Gasteiger partial charge is 0.456 e. The summed E-state index contributed by atoms with van der Waals surface area (Å²) in [5, 5.41) is 0.676. The third-order valence-corrected chi connectivity index (χ3v) is 3.23. The van der Waals surface area contributed by atoms with Crippen LogP contribution in [0.5, 0.6) is 0 Å². The molecule has 1 unspecified atom stereocenters. The van der Waals surface area contributed by atoms with Crippen LogP contribution in [0.1, 0.15) is 17.4 Å². The quantitative estimate of drug-likeness (QED) is 0.784. The number of halogens is 2. The van der Waals surface area contributed by atoms with Crippen LogP contribution >= 0.6 is 0 Å². The molecule has 102 valence electrons. The van der Waals surface area contributed by atoms with E-state index in [1.165, 1.54) is 18.2 Å². The smallest absolute Gasteiger partial charge is 0.169 e. The topological polar surface area (TPSA) is 39.2 Å². The molecule has 3 rings (SSSR count). The molecule has 4 heteroatoms. The van der Waals surface area contributed by atoms with Gasteiger partial charge < -0.3 is 10.2 Å². The molecule has 0 fully saturated rings. The van der Waals surface area contributed by atoms with E-state index in [1.807, 2.05) is 0 Å². The Morgan fingerprint density at radius 1 is 1.05 bits per heavy atom. The number of benzene rings is 2. The van der Waals surface area contributed by atoms with Gasteiger partial charge in [-0.1, -0.05) is 24.3 Å². The third kappa shape index (κ3) is 2.42. The van der Waals surface area contributed by atoms with Gasteiger partial charge in [0.15, 0.2) is 11.4 Å². The van der Waals surface area contributed by atoms with Crippen molar-refractivity contribution in [2.45, 2.75) is 12.5 Å². The van der Waals surface area contributed by atoms with Gasteiger partial charge in [0.1, 0.15) is 11.6 Å². The van der Waals surface area contributed by atoms with E-state index >= 15 is 0 Å². The summed E-state index contributed by atoms with van der Waals surface area (Å²) in [5.74, 6) is -0.216. The molecular formula is C16H13F2NO. The second-order valence-corrected chi connectivity index (χ2v) is 4.75. The minimum Gasteiger partial charge on any atom is -0.456 e. The molecule has 0 amide bonds. The van der Waals surface area contributed by atoms with Crippen molar-refractivity contribution in [1.29, 1.82) is 0 Å². The molecular weight excluding hydrogens is 260 g/mol. The Labute approximate surface area is 114 Å². The maximum Gasteiger partial charge on any atom is 0.169 e. The summed E-state index contributed by atoms with van der Waals surface area (Å²) in [5.41, 5.74) is 7.03. The second-order valence-electron chi connectivity index (χ2n) is 4.75. The van der Waals surface area contributed by atoms with Crippen LogP contribution in [0.4, 0.5) is 8.78 Å². The first-order chi connectivity index (χ1) is 9.63. The first-order valence-electron chi connectivity index (χ1n) is 6.31. The number of fused-ring (bicyclic) bond motifs is 1. The van der Waals surface area contributed by atoms with E-state index in [2.05, 4.69) is 0 Å². The summed E-state index contributed by atoms with van der Waals surface area (Å²) in [6.07, 6.45) is 0.430. The highest BCUT2D eigenvalue weighted by Crippen LogP contribution is 2.26. The highest BCUT2D eigenvalue weighted by atomic mass is 19.1. The Hall–Kier alpha value is -2.20. The van der Waals surface area contributed by atoms with Crippen molar-refractivity contribution in [3.8, 4) is 0 Å². The molecule has 0 radical (unpaired) electrons. The minimum atomic E-state index is -0.441. The third-order valence-electron chi connectivity index (χ3n) is 3.23. The van der Waals surface area contributed by atoms with Crippen molar-refractivity contribution in [3.05, 3.63) is 71.5 Å². The Balaban J connectivity index is 1.89. The van der Waals surface area contributed by atoms with Crippen LogP contribution in [0, 0.1) is 11.6 Å². The van der Waals surface area contributed by atoms with Gasteiger partial charge in [0.25, 0.3) is 0 Å². The number of nitrogens with two attached hydrogens (primary N) is 1. The van der Waals surface area contributed by atoms with Crippen molar-refractivity contribution >= 4 is 11.0 Å². The minimum absolute atomic E-state index is 0.206. The van der Waals surface area contributed by atoms with Gasteiger partial charge in [0, 0.05) is 5.39 Å². The SMILES string of the molecule is NC(Cc1cccc(F)c1)c1cc2cccc(F)c2o1. The fourth-order valence-electron chi connectivity index (χ4n) is 2.25. The zero-order chi connectivity index (χ0) is 14.1. The van der Waals surface area contributed by atoms with Crippen LogP contribution in [0.2, 0.25) is 0 Å². The van der Waals surface area contributed by atoms with E-state index in [4.69, 9.17) is 10.2 Å². The molecule has 0 saturated heterocycles. The predicted molar refractivity (Wildman–Crippen MR) is 73.2 cm³/mol. The summed E-state index contributed by atoms with van der Waals surface area (Å²) < 4.78 is 32.2.